The third-order valence-electron chi connectivity index (χ3n) is 3.10. The first-order valence-corrected chi connectivity index (χ1v) is 6.24. The number of hydrogen-bond donors (Lipinski definition) is 2. The molecule has 1 aliphatic carbocycles. The standard InChI is InChI=1S/C12H24N2O2/c1-3-16-5-4-14-12(15)10-6-9(2)7-11(13)8-10/h9-11H,3-8,13H2,1-2H3,(H,14,15). The number of nitrogens with one attached hydrogen (secondary N) is 1. The van der Waals surface area contributed by atoms with Gasteiger partial charge in [-0.15, -0.1) is 0 Å². The molecule has 0 spiro atoms. The van der Waals surface area contributed by atoms with Gasteiger partial charge in [0.05, 0.1) is 6.61 Å². The minimum Gasteiger partial charge on any atom is -0.380 e. The van der Waals surface area contributed by atoms with Gasteiger partial charge in [0.1, 0.15) is 0 Å². The summed E-state index contributed by atoms with van der Waals surface area (Å²) in [5, 5.41) is 2.91. The number of nitrogens with two attached hydrogens (primary N) is 1. The Hall–Kier alpha value is -0.610. The molecule has 94 valence electrons. The van der Waals surface area contributed by atoms with Gasteiger partial charge in [-0.2, -0.15) is 0 Å². The van der Waals surface area contributed by atoms with Crippen LogP contribution in [-0.2, 0) is 9.53 Å². The van der Waals surface area contributed by atoms with E-state index in [9.17, 15) is 4.79 Å². The van der Waals surface area contributed by atoms with E-state index in [1.165, 1.54) is 0 Å². The van der Waals surface area contributed by atoms with Crippen molar-refractivity contribution in [2.45, 2.75) is 39.2 Å². The Balaban J connectivity index is 2.24. The number of ether oxygens (including phenoxy) is 1. The number of hydrogen-bond acceptors (Lipinski definition) is 3. The second-order valence-corrected chi connectivity index (χ2v) is 4.76. The third-order valence-corrected chi connectivity index (χ3v) is 3.10. The molecule has 3 N–H and O–H groups in total. The van der Waals surface area contributed by atoms with Gasteiger partial charge < -0.3 is 15.8 Å². The molecule has 0 aromatic carbocycles. The maximum Gasteiger partial charge on any atom is 0.223 e. The fourth-order valence-electron chi connectivity index (χ4n) is 2.41. The summed E-state index contributed by atoms with van der Waals surface area (Å²) in [7, 11) is 0. The first kappa shape index (κ1) is 13.5. The van der Waals surface area contributed by atoms with Crippen molar-refractivity contribution in [2.24, 2.45) is 17.6 Å². The van der Waals surface area contributed by atoms with Crippen molar-refractivity contribution in [2.75, 3.05) is 19.8 Å². The summed E-state index contributed by atoms with van der Waals surface area (Å²) >= 11 is 0. The largest absolute Gasteiger partial charge is 0.380 e. The van der Waals surface area contributed by atoms with Gasteiger partial charge >= 0.3 is 0 Å². The van der Waals surface area contributed by atoms with Gasteiger partial charge in [0, 0.05) is 25.1 Å². The summed E-state index contributed by atoms with van der Waals surface area (Å²) in [4.78, 5) is 11.8. The number of amides is 1. The molecule has 1 amide bonds. The van der Waals surface area contributed by atoms with Crippen molar-refractivity contribution in [1.29, 1.82) is 0 Å². The minimum absolute atomic E-state index is 0.0976. The Morgan fingerprint density at radius 3 is 2.81 bits per heavy atom. The highest BCUT2D eigenvalue weighted by molar-refractivity contribution is 5.78. The highest BCUT2D eigenvalue weighted by Gasteiger charge is 2.28. The van der Waals surface area contributed by atoms with E-state index in [2.05, 4.69) is 12.2 Å². The van der Waals surface area contributed by atoms with Gasteiger partial charge in [0.25, 0.3) is 0 Å². The van der Waals surface area contributed by atoms with Crippen LogP contribution in [0, 0.1) is 11.8 Å². The second kappa shape index (κ2) is 6.86. The minimum atomic E-state index is 0.0976. The molecule has 0 heterocycles. The highest BCUT2D eigenvalue weighted by atomic mass is 16.5. The third kappa shape index (κ3) is 4.49. The van der Waals surface area contributed by atoms with E-state index in [4.69, 9.17) is 10.5 Å². The molecule has 0 aromatic rings. The van der Waals surface area contributed by atoms with Crippen LogP contribution in [0.3, 0.4) is 0 Å². The van der Waals surface area contributed by atoms with Crippen molar-refractivity contribution in [3.05, 3.63) is 0 Å². The van der Waals surface area contributed by atoms with Gasteiger partial charge in [0.15, 0.2) is 0 Å². The predicted octanol–water partition coefficient (Wildman–Crippen LogP) is 0.903. The molecule has 0 radical (unpaired) electrons. The average molecular weight is 228 g/mol. The van der Waals surface area contributed by atoms with Gasteiger partial charge in [-0.05, 0) is 32.1 Å². The molecule has 1 saturated carbocycles. The van der Waals surface area contributed by atoms with E-state index in [0.29, 0.717) is 25.7 Å². The van der Waals surface area contributed by atoms with Crippen LogP contribution in [0.2, 0.25) is 0 Å². The van der Waals surface area contributed by atoms with Crippen molar-refractivity contribution < 1.29 is 9.53 Å². The van der Waals surface area contributed by atoms with Crippen LogP contribution in [0.25, 0.3) is 0 Å². The quantitative estimate of drug-likeness (QED) is 0.687. The van der Waals surface area contributed by atoms with Crippen molar-refractivity contribution >= 4 is 5.91 Å². The molecule has 3 unspecified atom stereocenters. The number of rotatable bonds is 5. The Morgan fingerprint density at radius 1 is 1.44 bits per heavy atom. The fourth-order valence-corrected chi connectivity index (χ4v) is 2.41. The number of carbonyl (C=O) groups excluding carboxylic acids is 1. The van der Waals surface area contributed by atoms with E-state index >= 15 is 0 Å². The fraction of sp³-hybridized carbons (Fsp3) is 0.917. The molecule has 0 bridgehead atoms. The predicted molar refractivity (Wildman–Crippen MR) is 64.0 cm³/mol. The van der Waals surface area contributed by atoms with Gasteiger partial charge in [-0.3, -0.25) is 4.79 Å². The Labute approximate surface area is 97.9 Å². The lowest BCUT2D eigenvalue weighted by atomic mass is 9.79. The molecule has 1 fully saturated rings. The molecule has 3 atom stereocenters. The van der Waals surface area contributed by atoms with Crippen LogP contribution in [0.15, 0.2) is 0 Å². The van der Waals surface area contributed by atoms with Gasteiger partial charge in [-0.1, -0.05) is 6.92 Å². The summed E-state index contributed by atoms with van der Waals surface area (Å²) in [6.45, 7) is 6.01. The van der Waals surface area contributed by atoms with Gasteiger partial charge in [-0.25, -0.2) is 0 Å². The molecule has 0 aromatic heterocycles. The lowest BCUT2D eigenvalue weighted by molar-refractivity contribution is -0.126. The van der Waals surface area contributed by atoms with E-state index < -0.39 is 0 Å². The molecule has 4 heteroatoms. The van der Waals surface area contributed by atoms with E-state index in [1.807, 2.05) is 6.92 Å². The van der Waals surface area contributed by atoms with Crippen molar-refractivity contribution in [1.82, 2.24) is 5.32 Å². The average Bonchev–Trinajstić information content (AvgIpc) is 2.22. The SMILES string of the molecule is CCOCCNC(=O)C1CC(C)CC(N)C1. The van der Waals surface area contributed by atoms with E-state index in [0.717, 1.165) is 19.3 Å². The lowest BCUT2D eigenvalue weighted by Gasteiger charge is -2.30. The Kier molecular flexibility index (Phi) is 5.77. The summed E-state index contributed by atoms with van der Waals surface area (Å²) in [5.41, 5.74) is 5.93. The maximum absolute atomic E-state index is 11.8. The van der Waals surface area contributed by atoms with Crippen LogP contribution in [0.5, 0.6) is 0 Å². The molecule has 4 nitrogen and oxygen atoms in total. The highest BCUT2D eigenvalue weighted by Crippen LogP contribution is 2.27. The number of carbonyl (C=O) groups is 1. The first-order valence-electron chi connectivity index (χ1n) is 6.24. The summed E-state index contributed by atoms with van der Waals surface area (Å²) in [5.74, 6) is 0.800. The topological polar surface area (TPSA) is 64.3 Å². The van der Waals surface area contributed by atoms with Crippen LogP contribution >= 0.6 is 0 Å². The summed E-state index contributed by atoms with van der Waals surface area (Å²) in [6.07, 6.45) is 2.84. The monoisotopic (exact) mass is 228 g/mol. The normalized spacial score (nSPS) is 30.1. The molecular weight excluding hydrogens is 204 g/mol. The Morgan fingerprint density at radius 2 is 2.19 bits per heavy atom. The van der Waals surface area contributed by atoms with E-state index in [-0.39, 0.29) is 17.9 Å². The van der Waals surface area contributed by atoms with Crippen LogP contribution in [0.4, 0.5) is 0 Å². The van der Waals surface area contributed by atoms with Crippen LogP contribution < -0.4 is 11.1 Å². The zero-order valence-electron chi connectivity index (χ0n) is 10.4. The van der Waals surface area contributed by atoms with Crippen molar-refractivity contribution in [3.63, 3.8) is 0 Å². The molecule has 0 aliphatic heterocycles. The zero-order valence-corrected chi connectivity index (χ0v) is 10.4. The molecule has 1 rings (SSSR count). The second-order valence-electron chi connectivity index (χ2n) is 4.76. The van der Waals surface area contributed by atoms with Crippen molar-refractivity contribution in [3.8, 4) is 0 Å². The lowest BCUT2D eigenvalue weighted by Crippen LogP contribution is -2.41. The Bertz CT molecular complexity index is 211. The summed E-state index contributed by atoms with van der Waals surface area (Å²) in [6, 6.07) is 0.186. The molecule has 0 saturated heterocycles. The molecule has 1 aliphatic rings. The molecular formula is C12H24N2O2. The van der Waals surface area contributed by atoms with Crippen LogP contribution in [-0.4, -0.2) is 31.7 Å². The van der Waals surface area contributed by atoms with E-state index in [1.54, 1.807) is 0 Å². The smallest absolute Gasteiger partial charge is 0.223 e. The maximum atomic E-state index is 11.8. The van der Waals surface area contributed by atoms with Crippen LogP contribution in [0.1, 0.15) is 33.1 Å². The zero-order chi connectivity index (χ0) is 12.0. The summed E-state index contributed by atoms with van der Waals surface area (Å²) < 4.78 is 5.17. The molecule has 16 heavy (non-hydrogen) atoms. The van der Waals surface area contributed by atoms with Gasteiger partial charge in [0.2, 0.25) is 5.91 Å². The first-order chi connectivity index (χ1) is 7.63.